The van der Waals surface area contributed by atoms with Crippen LogP contribution in [0.3, 0.4) is 0 Å². The summed E-state index contributed by atoms with van der Waals surface area (Å²) in [5, 5.41) is 0. The molecule has 0 aromatic rings. The van der Waals surface area contributed by atoms with E-state index in [0.717, 1.165) is 0 Å². The van der Waals surface area contributed by atoms with E-state index >= 15 is 0 Å². The molecule has 112 valence electrons. The summed E-state index contributed by atoms with van der Waals surface area (Å²) < 4.78 is 0. The highest BCUT2D eigenvalue weighted by molar-refractivity contribution is 5.85. The van der Waals surface area contributed by atoms with Crippen LogP contribution < -0.4 is 22.9 Å². The van der Waals surface area contributed by atoms with Gasteiger partial charge >= 0.3 is 0 Å². The molecule has 8 N–H and O–H groups in total. The number of carbonyl (C=O) groups excluding carboxylic acids is 4. The van der Waals surface area contributed by atoms with Gasteiger partial charge in [0, 0.05) is 13.1 Å². The molecule has 4 amide bonds. The standard InChI is InChI=1S/C10H18N6O4/c11-7(17)3-15-1-5(9(13)19)16(4-8(12)18)2-6(15)10(14)20/h5-6H,1-4H2,(H2,11,17)(H2,12,18)(H2,13,19)(H2,14,20). The predicted molar refractivity (Wildman–Crippen MR) is 67.5 cm³/mol. The molecule has 1 aliphatic heterocycles. The first-order valence-corrected chi connectivity index (χ1v) is 5.85. The van der Waals surface area contributed by atoms with Gasteiger partial charge in [0.05, 0.1) is 13.1 Å². The summed E-state index contributed by atoms with van der Waals surface area (Å²) in [5.41, 5.74) is 20.7. The van der Waals surface area contributed by atoms with Crippen molar-refractivity contribution >= 4 is 23.6 Å². The van der Waals surface area contributed by atoms with Gasteiger partial charge < -0.3 is 22.9 Å². The monoisotopic (exact) mass is 286 g/mol. The van der Waals surface area contributed by atoms with Gasteiger partial charge in [0.2, 0.25) is 23.6 Å². The van der Waals surface area contributed by atoms with Gasteiger partial charge in [-0.15, -0.1) is 0 Å². The second-order valence-electron chi connectivity index (χ2n) is 4.63. The Labute approximate surface area is 115 Å². The molecule has 1 saturated heterocycles. The molecule has 1 heterocycles. The van der Waals surface area contributed by atoms with Crippen LogP contribution in [0, 0.1) is 0 Å². The summed E-state index contributed by atoms with van der Waals surface area (Å²) >= 11 is 0. The average molecular weight is 286 g/mol. The van der Waals surface area contributed by atoms with Gasteiger partial charge in [-0.05, 0) is 0 Å². The highest BCUT2D eigenvalue weighted by Gasteiger charge is 2.39. The highest BCUT2D eigenvalue weighted by atomic mass is 16.2. The number of carbonyl (C=O) groups is 4. The maximum atomic E-state index is 11.4. The van der Waals surface area contributed by atoms with E-state index in [1.165, 1.54) is 9.80 Å². The van der Waals surface area contributed by atoms with Gasteiger partial charge in [-0.25, -0.2) is 0 Å². The lowest BCUT2D eigenvalue weighted by molar-refractivity contribution is -0.138. The normalized spacial score (nSPS) is 24.2. The van der Waals surface area contributed by atoms with Crippen LogP contribution in [0.1, 0.15) is 0 Å². The lowest BCUT2D eigenvalue weighted by Crippen LogP contribution is -2.66. The summed E-state index contributed by atoms with van der Waals surface area (Å²) in [6, 6.07) is -1.70. The maximum absolute atomic E-state index is 11.4. The molecule has 0 saturated carbocycles. The second kappa shape index (κ2) is 6.30. The van der Waals surface area contributed by atoms with E-state index in [1.54, 1.807) is 0 Å². The van der Waals surface area contributed by atoms with E-state index in [9.17, 15) is 19.2 Å². The summed E-state index contributed by atoms with van der Waals surface area (Å²) in [6.45, 7) is -0.526. The van der Waals surface area contributed by atoms with E-state index in [4.69, 9.17) is 22.9 Å². The molecular formula is C10H18N6O4. The average Bonchev–Trinajstić information content (AvgIpc) is 2.28. The van der Waals surface area contributed by atoms with Crippen molar-refractivity contribution in [1.29, 1.82) is 0 Å². The number of rotatable bonds is 6. The lowest BCUT2D eigenvalue weighted by atomic mass is 10.0. The van der Waals surface area contributed by atoms with E-state index in [0.29, 0.717) is 0 Å². The molecule has 10 nitrogen and oxygen atoms in total. The van der Waals surface area contributed by atoms with Gasteiger partial charge in [0.15, 0.2) is 0 Å². The van der Waals surface area contributed by atoms with Crippen LogP contribution in [0.2, 0.25) is 0 Å². The minimum absolute atomic E-state index is 0.0286. The van der Waals surface area contributed by atoms with E-state index in [1.807, 2.05) is 0 Å². The predicted octanol–water partition coefficient (Wildman–Crippen LogP) is -4.72. The van der Waals surface area contributed by atoms with Crippen LogP contribution in [-0.2, 0) is 19.2 Å². The summed E-state index contributed by atoms with van der Waals surface area (Å²) in [4.78, 5) is 47.6. The van der Waals surface area contributed by atoms with Crippen molar-refractivity contribution in [2.24, 2.45) is 22.9 Å². The van der Waals surface area contributed by atoms with Crippen LogP contribution >= 0.6 is 0 Å². The molecule has 2 atom stereocenters. The molecule has 0 aliphatic carbocycles. The number of amides is 4. The Morgan fingerprint density at radius 2 is 1.05 bits per heavy atom. The first-order chi connectivity index (χ1) is 9.22. The fourth-order valence-corrected chi connectivity index (χ4v) is 2.22. The zero-order chi connectivity index (χ0) is 15.4. The van der Waals surface area contributed by atoms with Crippen molar-refractivity contribution in [3.8, 4) is 0 Å². The van der Waals surface area contributed by atoms with Gasteiger partial charge in [-0.3, -0.25) is 29.0 Å². The minimum atomic E-state index is -0.850. The molecule has 1 rings (SSSR count). The van der Waals surface area contributed by atoms with Crippen LogP contribution in [0.5, 0.6) is 0 Å². The molecule has 0 aromatic heterocycles. The Morgan fingerprint density at radius 1 is 0.750 bits per heavy atom. The Bertz CT molecular complexity index is 399. The molecule has 2 unspecified atom stereocenters. The largest absolute Gasteiger partial charge is 0.369 e. The van der Waals surface area contributed by atoms with Crippen molar-refractivity contribution in [3.63, 3.8) is 0 Å². The van der Waals surface area contributed by atoms with Crippen LogP contribution in [-0.4, -0.2) is 71.7 Å². The number of hydrogen-bond donors (Lipinski definition) is 4. The minimum Gasteiger partial charge on any atom is -0.369 e. The molecule has 0 spiro atoms. The first-order valence-electron chi connectivity index (χ1n) is 5.85. The van der Waals surface area contributed by atoms with Crippen LogP contribution in [0.15, 0.2) is 0 Å². The van der Waals surface area contributed by atoms with Gasteiger partial charge in [-0.1, -0.05) is 0 Å². The van der Waals surface area contributed by atoms with Crippen molar-refractivity contribution in [2.45, 2.75) is 12.1 Å². The second-order valence-corrected chi connectivity index (χ2v) is 4.63. The van der Waals surface area contributed by atoms with Crippen molar-refractivity contribution in [1.82, 2.24) is 9.80 Å². The molecule has 0 radical (unpaired) electrons. The molecule has 1 aliphatic rings. The summed E-state index contributed by atoms with van der Waals surface area (Å²) in [7, 11) is 0. The van der Waals surface area contributed by atoms with E-state index in [2.05, 4.69) is 0 Å². The highest BCUT2D eigenvalue weighted by Crippen LogP contribution is 2.15. The fourth-order valence-electron chi connectivity index (χ4n) is 2.22. The third-order valence-electron chi connectivity index (χ3n) is 3.07. The lowest BCUT2D eigenvalue weighted by Gasteiger charge is -2.42. The molecule has 1 fully saturated rings. The van der Waals surface area contributed by atoms with E-state index < -0.39 is 35.7 Å². The quantitative estimate of drug-likeness (QED) is 0.380. The third kappa shape index (κ3) is 3.90. The SMILES string of the molecule is NC(=O)CN1CC(C(N)=O)N(CC(N)=O)CC1C(N)=O. The Hall–Kier alpha value is -2.20. The molecule has 0 bridgehead atoms. The zero-order valence-corrected chi connectivity index (χ0v) is 10.8. The van der Waals surface area contributed by atoms with Gasteiger partial charge in [-0.2, -0.15) is 0 Å². The number of nitrogens with two attached hydrogens (primary N) is 4. The van der Waals surface area contributed by atoms with Crippen LogP contribution in [0.4, 0.5) is 0 Å². The molecular weight excluding hydrogens is 268 g/mol. The summed E-state index contributed by atoms with van der Waals surface area (Å²) in [5.74, 6) is -2.71. The molecule has 20 heavy (non-hydrogen) atoms. The molecule has 10 heteroatoms. The smallest absolute Gasteiger partial charge is 0.236 e. The topological polar surface area (TPSA) is 179 Å². The Kier molecular flexibility index (Phi) is 5.00. The van der Waals surface area contributed by atoms with E-state index in [-0.39, 0.29) is 26.2 Å². The Morgan fingerprint density at radius 3 is 1.25 bits per heavy atom. The van der Waals surface area contributed by atoms with Gasteiger partial charge in [0.25, 0.3) is 0 Å². The number of primary amides is 4. The van der Waals surface area contributed by atoms with Crippen molar-refractivity contribution < 1.29 is 19.2 Å². The van der Waals surface area contributed by atoms with Crippen LogP contribution in [0.25, 0.3) is 0 Å². The van der Waals surface area contributed by atoms with Gasteiger partial charge in [0.1, 0.15) is 12.1 Å². The Balaban J connectivity index is 2.96. The summed E-state index contributed by atoms with van der Waals surface area (Å²) in [6.07, 6.45) is 0. The number of piperazine rings is 1. The fraction of sp³-hybridized carbons (Fsp3) is 0.600. The van der Waals surface area contributed by atoms with Crippen molar-refractivity contribution in [2.75, 3.05) is 26.2 Å². The van der Waals surface area contributed by atoms with Crippen molar-refractivity contribution in [3.05, 3.63) is 0 Å². The molecule has 0 aromatic carbocycles. The number of hydrogen-bond acceptors (Lipinski definition) is 6. The first kappa shape index (κ1) is 15.9. The number of nitrogens with zero attached hydrogens (tertiary/aromatic N) is 2. The zero-order valence-electron chi connectivity index (χ0n) is 10.8. The third-order valence-corrected chi connectivity index (χ3v) is 3.07. The maximum Gasteiger partial charge on any atom is 0.236 e.